The molecule has 0 unspecified atom stereocenters. The molecule has 3 aromatic rings. The first-order valence-electron chi connectivity index (χ1n) is 8.42. The number of hydrogen-bond donors (Lipinski definition) is 0. The van der Waals surface area contributed by atoms with Crippen LogP contribution in [0.4, 0.5) is 10.1 Å². The molecule has 27 heavy (non-hydrogen) atoms. The Bertz CT molecular complexity index is 1050. The smallest absolute Gasteiger partial charge is 0.316 e. The quantitative estimate of drug-likeness (QED) is 0.651. The van der Waals surface area contributed by atoms with Crippen LogP contribution in [0, 0.1) is 5.82 Å². The minimum Gasteiger partial charge on any atom is -0.328 e. The third-order valence-corrected chi connectivity index (χ3v) is 4.97. The summed E-state index contributed by atoms with van der Waals surface area (Å²) >= 11 is 6.04. The Balaban J connectivity index is 1.59. The molecule has 1 fully saturated rings. The van der Waals surface area contributed by atoms with Gasteiger partial charge in [0.2, 0.25) is 0 Å². The van der Waals surface area contributed by atoms with E-state index in [1.807, 2.05) is 24.3 Å². The normalized spacial score (nSPS) is 14.9. The van der Waals surface area contributed by atoms with Crippen LogP contribution in [0.1, 0.15) is 5.56 Å². The number of pyridine rings is 1. The monoisotopic (exact) mass is 383 g/mol. The second kappa shape index (κ2) is 6.96. The van der Waals surface area contributed by atoms with Crippen LogP contribution in [0.25, 0.3) is 10.8 Å². The summed E-state index contributed by atoms with van der Waals surface area (Å²) in [5.74, 6) is -1.67. The average Bonchev–Trinajstić information content (AvgIpc) is 2.67. The van der Waals surface area contributed by atoms with E-state index in [9.17, 15) is 14.0 Å². The maximum Gasteiger partial charge on any atom is 0.316 e. The lowest BCUT2D eigenvalue weighted by Gasteiger charge is -2.34. The van der Waals surface area contributed by atoms with Gasteiger partial charge < -0.3 is 9.80 Å². The van der Waals surface area contributed by atoms with E-state index < -0.39 is 17.6 Å². The van der Waals surface area contributed by atoms with Gasteiger partial charge in [-0.25, -0.2) is 4.39 Å². The van der Waals surface area contributed by atoms with Crippen molar-refractivity contribution in [1.82, 2.24) is 9.88 Å². The SMILES string of the molecule is O=C1C(=O)N(c2cncc3ccccc23)CCN1Cc1ccc(F)cc1Cl. The third kappa shape index (κ3) is 3.24. The first-order valence-corrected chi connectivity index (χ1v) is 8.80. The number of fused-ring (bicyclic) bond motifs is 1. The zero-order chi connectivity index (χ0) is 19.0. The van der Waals surface area contributed by atoms with Crippen LogP contribution < -0.4 is 4.90 Å². The van der Waals surface area contributed by atoms with Crippen LogP contribution in [-0.4, -0.2) is 34.8 Å². The van der Waals surface area contributed by atoms with Crippen molar-refractivity contribution in [3.8, 4) is 0 Å². The molecule has 0 aliphatic carbocycles. The minimum atomic E-state index is -0.616. The summed E-state index contributed by atoms with van der Waals surface area (Å²) in [6, 6.07) is 11.6. The number of aromatic nitrogens is 1. The van der Waals surface area contributed by atoms with E-state index >= 15 is 0 Å². The van der Waals surface area contributed by atoms with Crippen LogP contribution in [0.2, 0.25) is 5.02 Å². The van der Waals surface area contributed by atoms with Gasteiger partial charge in [0.1, 0.15) is 5.82 Å². The van der Waals surface area contributed by atoms with Gasteiger partial charge in [-0.2, -0.15) is 0 Å². The van der Waals surface area contributed by atoms with Crippen LogP contribution in [0.3, 0.4) is 0 Å². The fraction of sp³-hybridized carbons (Fsp3) is 0.150. The molecule has 1 aliphatic heterocycles. The summed E-state index contributed by atoms with van der Waals surface area (Å²) in [6.45, 7) is 0.853. The number of nitrogens with zero attached hydrogens (tertiary/aromatic N) is 3. The molecule has 0 atom stereocenters. The molecule has 2 amide bonds. The van der Waals surface area contributed by atoms with Gasteiger partial charge in [-0.05, 0) is 17.7 Å². The van der Waals surface area contributed by atoms with Crippen molar-refractivity contribution in [2.45, 2.75) is 6.54 Å². The van der Waals surface area contributed by atoms with Crippen molar-refractivity contribution in [1.29, 1.82) is 0 Å². The van der Waals surface area contributed by atoms with Gasteiger partial charge in [-0.15, -0.1) is 0 Å². The van der Waals surface area contributed by atoms with E-state index in [1.165, 1.54) is 28.0 Å². The Hall–Kier alpha value is -2.99. The predicted molar refractivity (Wildman–Crippen MR) is 101 cm³/mol. The Morgan fingerprint density at radius 3 is 2.67 bits per heavy atom. The van der Waals surface area contributed by atoms with Crippen molar-refractivity contribution < 1.29 is 14.0 Å². The van der Waals surface area contributed by atoms with Crippen LogP contribution in [0.15, 0.2) is 54.9 Å². The molecule has 2 aromatic carbocycles. The summed E-state index contributed by atoms with van der Waals surface area (Å²) < 4.78 is 13.2. The van der Waals surface area contributed by atoms with Crippen molar-refractivity contribution in [2.24, 2.45) is 0 Å². The van der Waals surface area contributed by atoms with E-state index in [2.05, 4.69) is 4.98 Å². The Kier molecular flexibility index (Phi) is 4.49. The summed E-state index contributed by atoms with van der Waals surface area (Å²) in [7, 11) is 0. The number of piperazine rings is 1. The maximum atomic E-state index is 13.2. The molecule has 136 valence electrons. The zero-order valence-electron chi connectivity index (χ0n) is 14.2. The maximum absolute atomic E-state index is 13.2. The number of carbonyl (C=O) groups is 2. The molecular formula is C20H15ClFN3O2. The van der Waals surface area contributed by atoms with E-state index in [4.69, 9.17) is 11.6 Å². The number of hydrogen-bond acceptors (Lipinski definition) is 3. The van der Waals surface area contributed by atoms with Crippen LogP contribution >= 0.6 is 11.6 Å². The van der Waals surface area contributed by atoms with E-state index in [-0.39, 0.29) is 11.6 Å². The van der Waals surface area contributed by atoms with Gasteiger partial charge in [-0.1, -0.05) is 41.9 Å². The standard InChI is InChI=1S/C20H15ClFN3O2/c21-17-9-15(22)6-5-14(17)12-24-7-8-25(20(27)19(24)26)18-11-23-10-13-3-1-2-4-16(13)18/h1-6,9-11H,7-8,12H2. The van der Waals surface area contributed by atoms with Gasteiger partial charge in [0.15, 0.2) is 0 Å². The Morgan fingerprint density at radius 2 is 1.85 bits per heavy atom. The largest absolute Gasteiger partial charge is 0.328 e. The van der Waals surface area contributed by atoms with Crippen molar-refractivity contribution >= 4 is 39.9 Å². The minimum absolute atomic E-state index is 0.158. The zero-order valence-corrected chi connectivity index (χ0v) is 15.0. The van der Waals surface area contributed by atoms with Crippen LogP contribution in [0.5, 0.6) is 0 Å². The topological polar surface area (TPSA) is 53.5 Å². The molecule has 7 heteroatoms. The van der Waals surface area contributed by atoms with Crippen molar-refractivity contribution in [2.75, 3.05) is 18.0 Å². The highest BCUT2D eigenvalue weighted by molar-refractivity contribution is 6.41. The van der Waals surface area contributed by atoms with Crippen LogP contribution in [-0.2, 0) is 16.1 Å². The van der Waals surface area contributed by atoms with E-state index in [0.717, 1.165) is 10.8 Å². The fourth-order valence-electron chi connectivity index (χ4n) is 3.23. The fourth-order valence-corrected chi connectivity index (χ4v) is 3.45. The number of halogens is 2. The van der Waals surface area contributed by atoms with Gasteiger partial charge in [0, 0.05) is 41.6 Å². The number of amides is 2. The number of carbonyl (C=O) groups excluding carboxylic acids is 2. The molecule has 0 spiro atoms. The average molecular weight is 384 g/mol. The molecule has 2 heterocycles. The Labute approximate surface area is 160 Å². The highest BCUT2D eigenvalue weighted by Gasteiger charge is 2.34. The van der Waals surface area contributed by atoms with Gasteiger partial charge in [0.05, 0.1) is 11.9 Å². The Morgan fingerprint density at radius 1 is 1.04 bits per heavy atom. The first-order chi connectivity index (χ1) is 13.0. The lowest BCUT2D eigenvalue weighted by Crippen LogP contribution is -2.54. The number of rotatable bonds is 3. The first kappa shape index (κ1) is 17.4. The molecular weight excluding hydrogens is 369 g/mol. The molecule has 0 N–H and O–H groups in total. The van der Waals surface area contributed by atoms with Crippen molar-refractivity contribution in [3.05, 3.63) is 71.3 Å². The molecule has 5 nitrogen and oxygen atoms in total. The van der Waals surface area contributed by atoms with Gasteiger partial charge >= 0.3 is 11.8 Å². The highest BCUT2D eigenvalue weighted by atomic mass is 35.5. The van der Waals surface area contributed by atoms with Gasteiger partial charge in [-0.3, -0.25) is 14.6 Å². The lowest BCUT2D eigenvalue weighted by molar-refractivity contribution is -0.146. The third-order valence-electron chi connectivity index (χ3n) is 4.62. The van der Waals surface area contributed by atoms with E-state index in [1.54, 1.807) is 12.4 Å². The lowest BCUT2D eigenvalue weighted by atomic mass is 10.1. The molecule has 0 saturated carbocycles. The highest BCUT2D eigenvalue weighted by Crippen LogP contribution is 2.28. The molecule has 0 bridgehead atoms. The summed E-state index contributed by atoms with van der Waals surface area (Å²) in [4.78, 5) is 32.4. The summed E-state index contributed by atoms with van der Waals surface area (Å²) in [5, 5.41) is 2.00. The van der Waals surface area contributed by atoms with Crippen molar-refractivity contribution in [3.63, 3.8) is 0 Å². The predicted octanol–water partition coefficient (Wildman–Crippen LogP) is 3.40. The molecule has 1 aromatic heterocycles. The number of benzene rings is 2. The molecule has 1 saturated heterocycles. The second-order valence-corrected chi connectivity index (χ2v) is 6.71. The summed E-state index contributed by atoms with van der Waals surface area (Å²) in [5.41, 5.74) is 1.21. The molecule has 1 aliphatic rings. The second-order valence-electron chi connectivity index (χ2n) is 6.30. The van der Waals surface area contributed by atoms with Gasteiger partial charge in [0.25, 0.3) is 0 Å². The summed E-state index contributed by atoms with van der Waals surface area (Å²) in [6.07, 6.45) is 3.32. The number of anilines is 1. The molecule has 4 rings (SSSR count). The molecule has 0 radical (unpaired) electrons. The van der Waals surface area contributed by atoms with E-state index in [0.29, 0.717) is 24.3 Å².